The van der Waals surface area contributed by atoms with Crippen LogP contribution in [0.2, 0.25) is 0 Å². The average Bonchev–Trinajstić information content (AvgIpc) is 2.29. The molecular formula is C12H14N2O2. The first kappa shape index (κ1) is 10.7. The molecule has 16 heavy (non-hydrogen) atoms. The number of rotatable bonds is 1. The third-order valence-corrected chi connectivity index (χ3v) is 2.72. The van der Waals surface area contributed by atoms with E-state index in [9.17, 15) is 9.59 Å². The van der Waals surface area contributed by atoms with E-state index in [0.29, 0.717) is 12.2 Å². The molecule has 0 unspecified atom stereocenters. The molecule has 1 aromatic heterocycles. The number of hydrogen-bond donors (Lipinski definition) is 1. The highest BCUT2D eigenvalue weighted by atomic mass is 16.2. The predicted octanol–water partition coefficient (Wildman–Crippen LogP) is 1.17. The van der Waals surface area contributed by atoms with Crippen LogP contribution in [0.5, 0.6) is 0 Å². The van der Waals surface area contributed by atoms with Gasteiger partial charge in [-0.3, -0.25) is 9.59 Å². The Balaban J connectivity index is 2.17. The van der Waals surface area contributed by atoms with Gasteiger partial charge in [0.1, 0.15) is 5.69 Å². The van der Waals surface area contributed by atoms with Crippen LogP contribution in [0.15, 0.2) is 34.6 Å². The normalized spacial score (nSPS) is 15.8. The summed E-state index contributed by atoms with van der Waals surface area (Å²) in [5.41, 5.74) is 1.43. The minimum absolute atomic E-state index is 0.110. The lowest BCUT2D eigenvalue weighted by Crippen LogP contribution is -2.35. The zero-order valence-corrected chi connectivity index (χ0v) is 9.19. The summed E-state index contributed by atoms with van der Waals surface area (Å²) in [5.74, 6) is -0.110. The molecule has 0 atom stereocenters. The van der Waals surface area contributed by atoms with Crippen molar-refractivity contribution in [3.8, 4) is 0 Å². The number of pyridine rings is 1. The van der Waals surface area contributed by atoms with Crippen molar-refractivity contribution in [2.75, 3.05) is 13.1 Å². The maximum absolute atomic E-state index is 12.0. The van der Waals surface area contributed by atoms with E-state index < -0.39 is 0 Å². The Morgan fingerprint density at radius 2 is 2.25 bits per heavy atom. The largest absolute Gasteiger partial charge is 0.333 e. The molecule has 2 rings (SSSR count). The maximum Gasteiger partial charge on any atom is 0.270 e. The van der Waals surface area contributed by atoms with Crippen molar-refractivity contribution in [1.82, 2.24) is 9.88 Å². The van der Waals surface area contributed by atoms with Crippen LogP contribution in [0, 0.1) is 0 Å². The predicted molar refractivity (Wildman–Crippen MR) is 61.3 cm³/mol. The minimum atomic E-state index is -0.241. The van der Waals surface area contributed by atoms with Crippen molar-refractivity contribution in [1.29, 1.82) is 0 Å². The van der Waals surface area contributed by atoms with Gasteiger partial charge in [0.25, 0.3) is 5.91 Å². The van der Waals surface area contributed by atoms with Crippen LogP contribution >= 0.6 is 0 Å². The van der Waals surface area contributed by atoms with Gasteiger partial charge < -0.3 is 9.88 Å². The molecule has 84 valence electrons. The topological polar surface area (TPSA) is 53.2 Å². The Morgan fingerprint density at radius 3 is 2.88 bits per heavy atom. The molecule has 0 saturated heterocycles. The van der Waals surface area contributed by atoms with Gasteiger partial charge in [0.05, 0.1) is 0 Å². The van der Waals surface area contributed by atoms with Crippen LogP contribution in [0.4, 0.5) is 0 Å². The van der Waals surface area contributed by atoms with E-state index in [-0.39, 0.29) is 11.5 Å². The van der Waals surface area contributed by atoms with Gasteiger partial charge in [-0.2, -0.15) is 0 Å². The summed E-state index contributed by atoms with van der Waals surface area (Å²) in [4.78, 5) is 27.4. The maximum atomic E-state index is 12.0. The summed E-state index contributed by atoms with van der Waals surface area (Å²) < 4.78 is 0. The van der Waals surface area contributed by atoms with Crippen LogP contribution in [-0.2, 0) is 0 Å². The number of hydrogen-bond acceptors (Lipinski definition) is 2. The Bertz CT molecular complexity index is 488. The van der Waals surface area contributed by atoms with Crippen LogP contribution in [0.3, 0.4) is 0 Å². The summed E-state index contributed by atoms with van der Waals surface area (Å²) in [5, 5.41) is 0. The second-order valence-corrected chi connectivity index (χ2v) is 3.98. The SMILES string of the molecule is CC1=CCN(C(=O)c2cccc(=O)[nH]2)CC1. The molecule has 0 radical (unpaired) electrons. The first-order valence-corrected chi connectivity index (χ1v) is 5.31. The Morgan fingerprint density at radius 1 is 1.44 bits per heavy atom. The Kier molecular flexibility index (Phi) is 2.90. The van der Waals surface area contributed by atoms with Gasteiger partial charge in [-0.1, -0.05) is 17.7 Å². The summed E-state index contributed by atoms with van der Waals surface area (Å²) in [6.45, 7) is 3.41. The van der Waals surface area contributed by atoms with Crippen LogP contribution in [-0.4, -0.2) is 28.9 Å². The molecular weight excluding hydrogens is 204 g/mol. The van der Waals surface area contributed by atoms with E-state index in [1.165, 1.54) is 11.6 Å². The van der Waals surface area contributed by atoms with Crippen molar-refractivity contribution in [2.24, 2.45) is 0 Å². The third-order valence-electron chi connectivity index (χ3n) is 2.72. The number of aromatic amines is 1. The van der Waals surface area contributed by atoms with Gasteiger partial charge in [0.2, 0.25) is 5.56 Å². The molecule has 0 spiro atoms. The van der Waals surface area contributed by atoms with Crippen molar-refractivity contribution in [3.05, 3.63) is 45.9 Å². The number of aromatic nitrogens is 1. The number of amides is 1. The van der Waals surface area contributed by atoms with Crippen LogP contribution < -0.4 is 5.56 Å². The molecule has 0 aliphatic carbocycles. The molecule has 4 heteroatoms. The van der Waals surface area contributed by atoms with Crippen molar-refractivity contribution in [3.63, 3.8) is 0 Å². The fraction of sp³-hybridized carbons (Fsp3) is 0.333. The highest BCUT2D eigenvalue weighted by Gasteiger charge is 2.17. The van der Waals surface area contributed by atoms with Gasteiger partial charge in [0, 0.05) is 19.2 Å². The Hall–Kier alpha value is -1.84. The molecule has 0 saturated carbocycles. The lowest BCUT2D eigenvalue weighted by molar-refractivity contribution is 0.0763. The lowest BCUT2D eigenvalue weighted by Gasteiger charge is -2.25. The minimum Gasteiger partial charge on any atom is -0.333 e. The van der Waals surface area contributed by atoms with Gasteiger partial charge >= 0.3 is 0 Å². The second kappa shape index (κ2) is 4.35. The molecule has 1 N–H and O–H groups in total. The fourth-order valence-electron chi connectivity index (χ4n) is 1.70. The van der Waals surface area contributed by atoms with Crippen LogP contribution in [0.1, 0.15) is 23.8 Å². The smallest absolute Gasteiger partial charge is 0.270 e. The van der Waals surface area contributed by atoms with Gasteiger partial charge in [-0.05, 0) is 19.4 Å². The molecule has 4 nitrogen and oxygen atoms in total. The molecule has 1 amide bonds. The van der Waals surface area contributed by atoms with E-state index in [1.807, 2.05) is 6.08 Å². The third kappa shape index (κ3) is 2.21. The number of carbonyl (C=O) groups excluding carboxylic acids is 1. The van der Waals surface area contributed by atoms with Crippen molar-refractivity contribution >= 4 is 5.91 Å². The second-order valence-electron chi connectivity index (χ2n) is 3.98. The zero-order valence-electron chi connectivity index (χ0n) is 9.19. The number of H-pyrrole nitrogens is 1. The van der Waals surface area contributed by atoms with Crippen molar-refractivity contribution < 1.29 is 4.79 Å². The molecule has 0 bridgehead atoms. The van der Waals surface area contributed by atoms with Gasteiger partial charge in [0.15, 0.2) is 0 Å². The lowest BCUT2D eigenvalue weighted by atomic mass is 10.1. The number of nitrogens with zero attached hydrogens (tertiary/aromatic N) is 1. The highest BCUT2D eigenvalue weighted by Crippen LogP contribution is 2.11. The highest BCUT2D eigenvalue weighted by molar-refractivity contribution is 5.92. The molecule has 0 aromatic carbocycles. The quantitative estimate of drug-likeness (QED) is 0.719. The molecule has 1 aromatic rings. The summed E-state index contributed by atoms with van der Waals surface area (Å²) in [6.07, 6.45) is 2.95. The van der Waals surface area contributed by atoms with E-state index in [2.05, 4.69) is 11.9 Å². The average molecular weight is 218 g/mol. The standard InChI is InChI=1S/C12H14N2O2/c1-9-5-7-14(8-6-9)12(16)10-3-2-4-11(15)13-10/h2-5H,6-8H2,1H3,(H,13,15). The molecule has 1 aliphatic rings. The summed E-state index contributed by atoms with van der Waals surface area (Å²) in [6, 6.07) is 4.63. The van der Waals surface area contributed by atoms with Gasteiger partial charge in [-0.25, -0.2) is 0 Å². The number of nitrogens with one attached hydrogen (secondary N) is 1. The Labute approximate surface area is 93.6 Å². The van der Waals surface area contributed by atoms with Crippen LogP contribution in [0.25, 0.3) is 0 Å². The summed E-state index contributed by atoms with van der Waals surface area (Å²) >= 11 is 0. The number of carbonyl (C=O) groups is 1. The van der Waals surface area contributed by atoms with E-state index in [0.717, 1.165) is 13.0 Å². The fourth-order valence-corrected chi connectivity index (χ4v) is 1.70. The van der Waals surface area contributed by atoms with E-state index >= 15 is 0 Å². The molecule has 0 fully saturated rings. The zero-order chi connectivity index (χ0) is 11.5. The first-order chi connectivity index (χ1) is 7.66. The van der Waals surface area contributed by atoms with E-state index in [1.54, 1.807) is 17.0 Å². The van der Waals surface area contributed by atoms with Gasteiger partial charge in [-0.15, -0.1) is 0 Å². The van der Waals surface area contributed by atoms with Crippen molar-refractivity contribution in [2.45, 2.75) is 13.3 Å². The molecule has 2 heterocycles. The molecule has 1 aliphatic heterocycles. The first-order valence-electron chi connectivity index (χ1n) is 5.31. The monoisotopic (exact) mass is 218 g/mol. The summed E-state index contributed by atoms with van der Waals surface area (Å²) in [7, 11) is 0. The van der Waals surface area contributed by atoms with E-state index in [4.69, 9.17) is 0 Å².